The van der Waals surface area contributed by atoms with Crippen molar-refractivity contribution in [3.05, 3.63) is 70.8 Å². The summed E-state index contributed by atoms with van der Waals surface area (Å²) in [6.45, 7) is 3.42. The van der Waals surface area contributed by atoms with E-state index in [1.54, 1.807) is 11.1 Å². The standard InChI is InChI=1S/C21H25N.ClH/c1-15-6-5-7-16(12-15)13-21-19-11-10-17-8-3-4-9-18(17)20(19)14-22(21)2;/h3-9,12,19-21H,10-11,13-14H2,1-2H3;1H. The van der Waals surface area contributed by atoms with Crippen LogP contribution in [0.3, 0.4) is 0 Å². The van der Waals surface area contributed by atoms with Gasteiger partial charge in [0.1, 0.15) is 0 Å². The fourth-order valence-electron chi connectivity index (χ4n) is 4.73. The summed E-state index contributed by atoms with van der Waals surface area (Å²) < 4.78 is 0. The summed E-state index contributed by atoms with van der Waals surface area (Å²) in [5, 5.41) is 0. The normalized spacial score (nSPS) is 26.3. The Morgan fingerprint density at radius 3 is 2.74 bits per heavy atom. The number of fused-ring (bicyclic) bond motifs is 3. The third kappa shape index (κ3) is 3.05. The molecule has 3 atom stereocenters. The number of hydrogen-bond donors (Lipinski definition) is 0. The lowest BCUT2D eigenvalue weighted by atomic mass is 9.73. The van der Waals surface area contributed by atoms with Crippen molar-refractivity contribution >= 4 is 12.4 Å². The molecule has 4 rings (SSSR count). The number of benzene rings is 2. The van der Waals surface area contributed by atoms with Gasteiger partial charge in [-0.05, 0) is 55.8 Å². The van der Waals surface area contributed by atoms with Gasteiger partial charge in [0.15, 0.2) is 0 Å². The van der Waals surface area contributed by atoms with Gasteiger partial charge in [-0.3, -0.25) is 0 Å². The Morgan fingerprint density at radius 2 is 1.91 bits per heavy atom. The zero-order valence-electron chi connectivity index (χ0n) is 14.0. The second-order valence-corrected chi connectivity index (χ2v) is 7.21. The van der Waals surface area contributed by atoms with Gasteiger partial charge in [0.2, 0.25) is 0 Å². The van der Waals surface area contributed by atoms with Crippen molar-refractivity contribution < 1.29 is 0 Å². The largest absolute Gasteiger partial charge is 0.302 e. The van der Waals surface area contributed by atoms with Gasteiger partial charge in [-0.1, -0.05) is 54.1 Å². The highest BCUT2D eigenvalue weighted by Crippen LogP contribution is 2.45. The number of aryl methyl sites for hydroxylation is 2. The Balaban J connectivity index is 0.00000156. The Bertz CT molecular complexity index is 681. The van der Waals surface area contributed by atoms with Gasteiger partial charge >= 0.3 is 0 Å². The molecule has 0 N–H and O–H groups in total. The topological polar surface area (TPSA) is 3.24 Å². The Kier molecular flexibility index (Phi) is 4.79. The summed E-state index contributed by atoms with van der Waals surface area (Å²) in [6, 6.07) is 18.9. The summed E-state index contributed by atoms with van der Waals surface area (Å²) in [4.78, 5) is 2.61. The molecule has 0 spiro atoms. The highest BCUT2D eigenvalue weighted by Gasteiger charge is 2.42. The molecule has 0 aromatic heterocycles. The smallest absolute Gasteiger partial charge is 0.0167 e. The second kappa shape index (κ2) is 6.67. The van der Waals surface area contributed by atoms with Crippen molar-refractivity contribution in [2.75, 3.05) is 13.6 Å². The van der Waals surface area contributed by atoms with Crippen LogP contribution in [0.1, 0.15) is 34.6 Å². The fourth-order valence-corrected chi connectivity index (χ4v) is 4.73. The number of nitrogens with zero attached hydrogens (tertiary/aromatic N) is 1. The van der Waals surface area contributed by atoms with Crippen molar-refractivity contribution in [3.8, 4) is 0 Å². The lowest BCUT2D eigenvalue weighted by Gasteiger charge is -2.31. The van der Waals surface area contributed by atoms with Crippen LogP contribution in [0.2, 0.25) is 0 Å². The molecular weight excluding hydrogens is 302 g/mol. The molecular formula is C21H26ClN. The zero-order valence-corrected chi connectivity index (χ0v) is 14.9. The monoisotopic (exact) mass is 327 g/mol. The molecule has 1 fully saturated rings. The summed E-state index contributed by atoms with van der Waals surface area (Å²) >= 11 is 0. The molecule has 3 unspecified atom stereocenters. The first-order valence-corrected chi connectivity index (χ1v) is 8.56. The van der Waals surface area contributed by atoms with Gasteiger partial charge < -0.3 is 4.90 Å². The summed E-state index contributed by atoms with van der Waals surface area (Å²) in [5.74, 6) is 1.56. The van der Waals surface area contributed by atoms with Crippen LogP contribution >= 0.6 is 12.4 Å². The third-order valence-electron chi connectivity index (χ3n) is 5.79. The molecule has 0 saturated carbocycles. The molecule has 2 heteroatoms. The molecule has 1 aliphatic heterocycles. The minimum atomic E-state index is 0. The number of halogens is 1. The van der Waals surface area contributed by atoms with Gasteiger partial charge in [-0.25, -0.2) is 0 Å². The van der Waals surface area contributed by atoms with Crippen LogP contribution < -0.4 is 0 Å². The first-order chi connectivity index (χ1) is 10.7. The van der Waals surface area contributed by atoms with E-state index in [1.807, 2.05) is 0 Å². The van der Waals surface area contributed by atoms with Crippen LogP contribution in [0, 0.1) is 12.8 Å². The molecule has 0 radical (unpaired) electrons. The maximum absolute atomic E-state index is 2.61. The van der Waals surface area contributed by atoms with Crippen LogP contribution in [0.15, 0.2) is 48.5 Å². The minimum Gasteiger partial charge on any atom is -0.302 e. The molecule has 2 aliphatic rings. The average Bonchev–Trinajstić information content (AvgIpc) is 2.84. The SMILES string of the molecule is Cc1cccc(CC2C3CCc4ccccc4C3CN2C)c1.Cl. The van der Waals surface area contributed by atoms with Gasteiger partial charge in [-0.15, -0.1) is 12.4 Å². The van der Waals surface area contributed by atoms with Crippen LogP contribution in [0.5, 0.6) is 0 Å². The van der Waals surface area contributed by atoms with Gasteiger partial charge in [-0.2, -0.15) is 0 Å². The van der Waals surface area contributed by atoms with E-state index in [-0.39, 0.29) is 12.4 Å². The Hall–Kier alpha value is -1.31. The molecule has 1 nitrogen and oxygen atoms in total. The van der Waals surface area contributed by atoms with Crippen molar-refractivity contribution in [1.82, 2.24) is 4.90 Å². The summed E-state index contributed by atoms with van der Waals surface area (Å²) in [6.07, 6.45) is 3.81. The molecule has 122 valence electrons. The van der Waals surface area contributed by atoms with Crippen molar-refractivity contribution in [2.24, 2.45) is 5.92 Å². The number of likely N-dealkylation sites (tertiary alicyclic amines) is 1. The van der Waals surface area contributed by atoms with Gasteiger partial charge in [0.25, 0.3) is 0 Å². The van der Waals surface area contributed by atoms with Crippen LogP contribution in [0.25, 0.3) is 0 Å². The number of rotatable bonds is 2. The van der Waals surface area contributed by atoms with E-state index >= 15 is 0 Å². The highest BCUT2D eigenvalue weighted by molar-refractivity contribution is 5.85. The zero-order chi connectivity index (χ0) is 15.1. The van der Waals surface area contributed by atoms with Crippen LogP contribution in [-0.2, 0) is 12.8 Å². The molecule has 0 amide bonds. The van der Waals surface area contributed by atoms with Crippen molar-refractivity contribution in [3.63, 3.8) is 0 Å². The van der Waals surface area contributed by atoms with E-state index in [0.717, 1.165) is 11.8 Å². The van der Waals surface area contributed by atoms with Gasteiger partial charge in [0, 0.05) is 18.5 Å². The summed E-state index contributed by atoms with van der Waals surface area (Å²) in [7, 11) is 2.32. The molecule has 0 bridgehead atoms. The van der Waals surface area contributed by atoms with E-state index in [2.05, 4.69) is 67.4 Å². The number of likely N-dealkylation sites (N-methyl/N-ethyl adjacent to an activating group) is 1. The van der Waals surface area contributed by atoms with E-state index in [4.69, 9.17) is 0 Å². The van der Waals surface area contributed by atoms with E-state index in [1.165, 1.54) is 36.9 Å². The molecule has 1 aliphatic carbocycles. The lowest BCUT2D eigenvalue weighted by Crippen LogP contribution is -2.32. The number of hydrogen-bond acceptors (Lipinski definition) is 1. The van der Waals surface area contributed by atoms with E-state index in [9.17, 15) is 0 Å². The second-order valence-electron chi connectivity index (χ2n) is 7.21. The van der Waals surface area contributed by atoms with Crippen LogP contribution in [-0.4, -0.2) is 24.5 Å². The van der Waals surface area contributed by atoms with Gasteiger partial charge in [0.05, 0.1) is 0 Å². The third-order valence-corrected chi connectivity index (χ3v) is 5.79. The first kappa shape index (κ1) is 16.5. The average molecular weight is 328 g/mol. The summed E-state index contributed by atoms with van der Waals surface area (Å²) in [5.41, 5.74) is 6.09. The van der Waals surface area contributed by atoms with Crippen LogP contribution in [0.4, 0.5) is 0 Å². The Morgan fingerprint density at radius 1 is 1.09 bits per heavy atom. The van der Waals surface area contributed by atoms with Crippen molar-refractivity contribution in [1.29, 1.82) is 0 Å². The van der Waals surface area contributed by atoms with Crippen molar-refractivity contribution in [2.45, 2.75) is 38.1 Å². The highest BCUT2D eigenvalue weighted by atomic mass is 35.5. The van der Waals surface area contributed by atoms with E-state index in [0.29, 0.717) is 6.04 Å². The minimum absolute atomic E-state index is 0. The maximum atomic E-state index is 2.61. The quantitative estimate of drug-likeness (QED) is 0.778. The predicted octanol–water partition coefficient (Wildman–Crippen LogP) is 4.62. The molecule has 23 heavy (non-hydrogen) atoms. The Labute approximate surface area is 146 Å². The molecule has 2 aromatic carbocycles. The molecule has 1 saturated heterocycles. The first-order valence-electron chi connectivity index (χ1n) is 8.56. The molecule has 1 heterocycles. The fraction of sp³-hybridized carbons (Fsp3) is 0.429. The van der Waals surface area contributed by atoms with E-state index < -0.39 is 0 Å². The molecule has 2 aromatic rings. The predicted molar refractivity (Wildman–Crippen MR) is 99.5 cm³/mol. The maximum Gasteiger partial charge on any atom is 0.0167 e. The lowest BCUT2D eigenvalue weighted by molar-refractivity contribution is 0.259.